The molecule has 1 heterocycles. The molecule has 0 aromatic heterocycles. The highest BCUT2D eigenvalue weighted by atomic mass is 19.4. The zero-order valence-corrected chi connectivity index (χ0v) is 11.7. The Bertz CT molecular complexity index is 781. The highest BCUT2D eigenvalue weighted by Gasteiger charge is 2.32. The average molecular weight is 321 g/mol. The maximum Gasteiger partial charge on any atom is 0.573 e. The van der Waals surface area contributed by atoms with E-state index < -0.39 is 12.1 Å². The van der Waals surface area contributed by atoms with Gasteiger partial charge in [0.1, 0.15) is 25.0 Å². The van der Waals surface area contributed by atoms with Crippen molar-refractivity contribution in [1.82, 2.24) is 0 Å². The molecule has 1 aliphatic heterocycles. The van der Waals surface area contributed by atoms with E-state index >= 15 is 0 Å². The van der Waals surface area contributed by atoms with Gasteiger partial charge >= 0.3 is 6.36 Å². The van der Waals surface area contributed by atoms with Crippen LogP contribution >= 0.6 is 0 Å². The zero-order valence-electron chi connectivity index (χ0n) is 11.7. The highest BCUT2D eigenvalue weighted by Crippen LogP contribution is 2.36. The van der Waals surface area contributed by atoms with Crippen LogP contribution in [-0.4, -0.2) is 19.6 Å². The van der Waals surface area contributed by atoms with E-state index in [2.05, 4.69) is 4.74 Å². The third kappa shape index (κ3) is 3.31. The van der Waals surface area contributed by atoms with Crippen LogP contribution in [0.5, 0.6) is 17.2 Å². The van der Waals surface area contributed by atoms with Crippen molar-refractivity contribution in [3.63, 3.8) is 0 Å². The first kappa shape index (κ1) is 15.0. The monoisotopic (exact) mass is 321 g/mol. The van der Waals surface area contributed by atoms with Crippen LogP contribution in [0, 0.1) is 11.3 Å². The summed E-state index contributed by atoms with van der Waals surface area (Å²) in [5.74, 6) is 0.640. The lowest BCUT2D eigenvalue weighted by molar-refractivity contribution is -0.274. The summed E-state index contributed by atoms with van der Waals surface area (Å²) >= 11 is 0. The van der Waals surface area contributed by atoms with Gasteiger partial charge in [0.05, 0.1) is 5.56 Å². The van der Waals surface area contributed by atoms with Gasteiger partial charge in [0.15, 0.2) is 11.5 Å². The Kier molecular flexibility index (Phi) is 3.74. The SMILES string of the molecule is N#Cc1cc(-c2ccc3c(c2)OCCO3)ccc1OC(F)(F)F. The molecule has 0 saturated carbocycles. The quantitative estimate of drug-likeness (QED) is 0.842. The molecule has 1 aliphatic rings. The average Bonchev–Trinajstić information content (AvgIpc) is 2.53. The fraction of sp³-hybridized carbons (Fsp3) is 0.188. The predicted molar refractivity (Wildman–Crippen MR) is 74.3 cm³/mol. The lowest BCUT2D eigenvalue weighted by Gasteiger charge is -2.19. The number of benzene rings is 2. The number of fused-ring (bicyclic) bond motifs is 1. The van der Waals surface area contributed by atoms with Gasteiger partial charge in [0, 0.05) is 0 Å². The summed E-state index contributed by atoms with van der Waals surface area (Å²) in [5, 5.41) is 9.04. The molecular weight excluding hydrogens is 311 g/mol. The van der Waals surface area contributed by atoms with Crippen molar-refractivity contribution in [1.29, 1.82) is 5.26 Å². The molecule has 0 bridgehead atoms. The van der Waals surface area contributed by atoms with E-state index in [1.165, 1.54) is 12.1 Å². The van der Waals surface area contributed by atoms with Crippen molar-refractivity contribution in [2.45, 2.75) is 6.36 Å². The predicted octanol–water partition coefficient (Wildman–Crippen LogP) is 3.90. The van der Waals surface area contributed by atoms with Gasteiger partial charge in [-0.2, -0.15) is 5.26 Å². The van der Waals surface area contributed by atoms with Crippen LogP contribution in [0.25, 0.3) is 11.1 Å². The van der Waals surface area contributed by atoms with Crippen molar-refractivity contribution in [2.24, 2.45) is 0 Å². The minimum Gasteiger partial charge on any atom is -0.486 e. The molecule has 2 aromatic rings. The van der Waals surface area contributed by atoms with Crippen LogP contribution < -0.4 is 14.2 Å². The van der Waals surface area contributed by atoms with Crippen LogP contribution in [0.4, 0.5) is 13.2 Å². The second-order valence-electron chi connectivity index (χ2n) is 4.73. The Morgan fingerprint density at radius 2 is 1.61 bits per heavy atom. The number of ether oxygens (including phenoxy) is 3. The second-order valence-corrected chi connectivity index (χ2v) is 4.73. The van der Waals surface area contributed by atoms with Crippen molar-refractivity contribution in [3.8, 4) is 34.4 Å². The molecule has 118 valence electrons. The minimum atomic E-state index is -4.84. The first-order chi connectivity index (χ1) is 11.0. The van der Waals surface area contributed by atoms with Crippen LogP contribution in [0.2, 0.25) is 0 Å². The van der Waals surface area contributed by atoms with Crippen LogP contribution in [-0.2, 0) is 0 Å². The van der Waals surface area contributed by atoms with E-state index in [-0.39, 0.29) is 5.56 Å². The molecule has 0 spiro atoms. The van der Waals surface area contributed by atoms with E-state index in [1.807, 2.05) is 0 Å². The molecule has 0 radical (unpaired) electrons. The standard InChI is InChI=1S/C16H10F3NO3/c17-16(18,19)23-13-3-1-10(7-12(13)9-20)11-2-4-14-15(8-11)22-6-5-21-14/h1-4,7-8H,5-6H2. The summed E-state index contributed by atoms with van der Waals surface area (Å²) in [4.78, 5) is 0. The molecule has 0 fully saturated rings. The Hall–Kier alpha value is -2.88. The largest absolute Gasteiger partial charge is 0.573 e. The first-order valence-electron chi connectivity index (χ1n) is 6.66. The molecular formula is C16H10F3NO3. The molecule has 7 heteroatoms. The topological polar surface area (TPSA) is 51.5 Å². The summed E-state index contributed by atoms with van der Waals surface area (Å²) in [5.41, 5.74) is 1.08. The van der Waals surface area contributed by atoms with Gasteiger partial charge in [-0.05, 0) is 35.4 Å². The van der Waals surface area contributed by atoms with Crippen LogP contribution in [0.15, 0.2) is 36.4 Å². The van der Waals surface area contributed by atoms with Crippen molar-refractivity contribution < 1.29 is 27.4 Å². The number of hydrogen-bond acceptors (Lipinski definition) is 4. The summed E-state index contributed by atoms with van der Waals surface area (Å²) in [7, 11) is 0. The fourth-order valence-corrected chi connectivity index (χ4v) is 2.23. The molecule has 0 N–H and O–H groups in total. The molecule has 4 nitrogen and oxygen atoms in total. The van der Waals surface area contributed by atoms with Crippen LogP contribution in [0.1, 0.15) is 5.56 Å². The molecule has 0 saturated heterocycles. The van der Waals surface area contributed by atoms with Gasteiger partial charge in [0.2, 0.25) is 0 Å². The van der Waals surface area contributed by atoms with Crippen molar-refractivity contribution >= 4 is 0 Å². The van der Waals surface area contributed by atoms with Gasteiger partial charge in [0.25, 0.3) is 0 Å². The Morgan fingerprint density at radius 1 is 0.957 bits per heavy atom. The summed E-state index contributed by atoms with van der Waals surface area (Å²) in [6.07, 6.45) is -4.84. The number of rotatable bonds is 2. The molecule has 23 heavy (non-hydrogen) atoms. The Balaban J connectivity index is 1.96. The molecule has 0 aliphatic carbocycles. The van der Waals surface area contributed by atoms with Crippen molar-refractivity contribution in [2.75, 3.05) is 13.2 Å². The lowest BCUT2D eigenvalue weighted by Crippen LogP contribution is -2.17. The normalized spacial score (nSPS) is 13.3. The Morgan fingerprint density at radius 3 is 2.30 bits per heavy atom. The minimum absolute atomic E-state index is 0.199. The van der Waals surface area contributed by atoms with E-state index in [0.29, 0.717) is 35.8 Å². The summed E-state index contributed by atoms with van der Waals surface area (Å²) in [6.45, 7) is 0.896. The van der Waals surface area contributed by atoms with Gasteiger partial charge in [-0.25, -0.2) is 0 Å². The number of alkyl halides is 3. The Labute approximate surface area is 129 Å². The smallest absolute Gasteiger partial charge is 0.486 e. The fourth-order valence-electron chi connectivity index (χ4n) is 2.23. The van der Waals surface area contributed by atoms with Gasteiger partial charge in [-0.1, -0.05) is 12.1 Å². The number of halogens is 3. The number of nitriles is 1. The first-order valence-corrected chi connectivity index (χ1v) is 6.66. The highest BCUT2D eigenvalue weighted by molar-refractivity contribution is 5.70. The van der Waals surface area contributed by atoms with E-state index in [9.17, 15) is 13.2 Å². The number of nitrogens with zero attached hydrogens (tertiary/aromatic N) is 1. The van der Waals surface area contributed by atoms with Crippen LogP contribution in [0.3, 0.4) is 0 Å². The molecule has 0 unspecified atom stereocenters. The third-order valence-corrected chi connectivity index (χ3v) is 3.20. The van der Waals surface area contributed by atoms with Gasteiger partial charge in [-0.15, -0.1) is 13.2 Å². The maximum atomic E-state index is 12.3. The maximum absolute atomic E-state index is 12.3. The third-order valence-electron chi connectivity index (χ3n) is 3.20. The summed E-state index contributed by atoms with van der Waals surface area (Å²) < 4.78 is 51.6. The lowest BCUT2D eigenvalue weighted by atomic mass is 10.0. The van der Waals surface area contributed by atoms with Gasteiger partial charge < -0.3 is 14.2 Å². The van der Waals surface area contributed by atoms with Gasteiger partial charge in [-0.3, -0.25) is 0 Å². The zero-order chi connectivity index (χ0) is 16.4. The molecule has 3 rings (SSSR count). The van der Waals surface area contributed by atoms with E-state index in [1.54, 1.807) is 24.3 Å². The van der Waals surface area contributed by atoms with E-state index in [0.717, 1.165) is 6.07 Å². The molecule has 0 amide bonds. The second kappa shape index (κ2) is 5.72. The molecule has 2 aromatic carbocycles. The molecule has 0 atom stereocenters. The summed E-state index contributed by atoms with van der Waals surface area (Å²) in [6, 6.07) is 10.8. The number of hydrogen-bond donors (Lipinski definition) is 0. The van der Waals surface area contributed by atoms with E-state index in [4.69, 9.17) is 14.7 Å². The van der Waals surface area contributed by atoms with Crippen molar-refractivity contribution in [3.05, 3.63) is 42.0 Å².